The summed E-state index contributed by atoms with van der Waals surface area (Å²) >= 11 is 6.76. The first kappa shape index (κ1) is 25.9. The van der Waals surface area contributed by atoms with Crippen LogP contribution >= 0.6 is 24.0 Å². The Morgan fingerprint density at radius 3 is 2.68 bits per heavy atom. The van der Waals surface area contributed by atoms with Crippen molar-refractivity contribution in [1.82, 2.24) is 9.47 Å². The Hall–Kier alpha value is -2.69. The Kier molecular flexibility index (Phi) is 7.69. The Bertz CT molecular complexity index is 1320. The molecular weight excluding hydrogens is 510 g/mol. The largest absolute Gasteiger partial charge is 0.466 e. The van der Waals surface area contributed by atoms with Crippen molar-refractivity contribution in [1.29, 1.82) is 0 Å². The van der Waals surface area contributed by atoms with E-state index in [9.17, 15) is 14.4 Å². The van der Waals surface area contributed by atoms with Gasteiger partial charge in [0, 0.05) is 32.1 Å². The summed E-state index contributed by atoms with van der Waals surface area (Å²) in [4.78, 5) is 43.5. The fraction of sp³-hybridized carbons (Fsp3) is 0.481. The van der Waals surface area contributed by atoms with Crippen molar-refractivity contribution >= 4 is 62.8 Å². The average Bonchev–Trinajstić information content (AvgIpc) is 3.51. The van der Waals surface area contributed by atoms with Crippen LogP contribution in [0.2, 0.25) is 0 Å². The molecule has 5 rings (SSSR count). The van der Waals surface area contributed by atoms with Crippen LogP contribution in [0.1, 0.15) is 38.2 Å². The lowest BCUT2D eigenvalue weighted by molar-refractivity contribution is -0.148. The molecule has 0 aliphatic carbocycles. The highest BCUT2D eigenvalue weighted by Gasteiger charge is 2.36. The Balaban J connectivity index is 1.52. The Morgan fingerprint density at radius 1 is 1.22 bits per heavy atom. The molecule has 2 aromatic rings. The number of carbonyl (C=O) groups excluding carboxylic acids is 2. The number of benzene rings is 1. The molecule has 1 aromatic carbocycles. The van der Waals surface area contributed by atoms with Gasteiger partial charge in [0.05, 0.1) is 46.8 Å². The molecule has 3 fully saturated rings. The highest BCUT2D eigenvalue weighted by Crippen LogP contribution is 2.37. The van der Waals surface area contributed by atoms with Gasteiger partial charge in [0.15, 0.2) is 0 Å². The maximum Gasteiger partial charge on any atom is 0.309 e. The Morgan fingerprint density at radius 2 is 1.97 bits per heavy atom. The van der Waals surface area contributed by atoms with Crippen LogP contribution in [0.15, 0.2) is 34.0 Å². The second-order valence-corrected chi connectivity index (χ2v) is 11.3. The van der Waals surface area contributed by atoms with Crippen molar-refractivity contribution in [3.8, 4) is 0 Å². The first-order valence-corrected chi connectivity index (χ1v) is 14.0. The van der Waals surface area contributed by atoms with Crippen LogP contribution < -0.4 is 10.5 Å². The molecule has 3 saturated heterocycles. The van der Waals surface area contributed by atoms with Gasteiger partial charge in [-0.15, -0.1) is 0 Å². The number of rotatable bonds is 6. The molecule has 10 heteroatoms. The van der Waals surface area contributed by atoms with Gasteiger partial charge in [0.2, 0.25) is 0 Å². The van der Waals surface area contributed by atoms with Crippen molar-refractivity contribution in [2.75, 3.05) is 37.7 Å². The van der Waals surface area contributed by atoms with Crippen LogP contribution in [0, 0.1) is 5.92 Å². The molecule has 4 heterocycles. The third-order valence-electron chi connectivity index (χ3n) is 7.30. The van der Waals surface area contributed by atoms with Crippen molar-refractivity contribution in [3.63, 3.8) is 0 Å². The van der Waals surface area contributed by atoms with Gasteiger partial charge < -0.3 is 18.9 Å². The monoisotopic (exact) mass is 541 g/mol. The summed E-state index contributed by atoms with van der Waals surface area (Å²) in [5, 5.41) is 0.931. The lowest BCUT2D eigenvalue weighted by Crippen LogP contribution is -2.38. The summed E-state index contributed by atoms with van der Waals surface area (Å²) < 4.78 is 13.1. The molecule has 196 valence electrons. The van der Waals surface area contributed by atoms with Gasteiger partial charge in [0.25, 0.3) is 11.5 Å². The van der Waals surface area contributed by atoms with Crippen molar-refractivity contribution in [2.24, 2.45) is 13.0 Å². The van der Waals surface area contributed by atoms with Crippen molar-refractivity contribution in [2.45, 2.75) is 38.7 Å². The molecule has 1 unspecified atom stereocenters. The number of anilines is 1. The number of fused-ring (bicyclic) bond motifs is 1. The van der Waals surface area contributed by atoms with Gasteiger partial charge >= 0.3 is 5.97 Å². The fourth-order valence-electron chi connectivity index (χ4n) is 5.35. The van der Waals surface area contributed by atoms with Gasteiger partial charge in [-0.1, -0.05) is 42.2 Å². The first-order valence-electron chi connectivity index (χ1n) is 12.8. The van der Waals surface area contributed by atoms with E-state index in [-0.39, 0.29) is 29.5 Å². The maximum atomic E-state index is 13.7. The molecular formula is C27H31N3O5S2. The average molecular weight is 542 g/mol. The fourth-order valence-corrected chi connectivity index (χ4v) is 6.61. The number of para-hydroxylation sites is 1. The van der Waals surface area contributed by atoms with E-state index < -0.39 is 0 Å². The van der Waals surface area contributed by atoms with Crippen LogP contribution in [0.3, 0.4) is 0 Å². The molecule has 0 saturated carbocycles. The van der Waals surface area contributed by atoms with E-state index in [4.69, 9.17) is 21.7 Å². The van der Waals surface area contributed by atoms with Crippen molar-refractivity contribution < 1.29 is 19.1 Å². The van der Waals surface area contributed by atoms with Gasteiger partial charge in [0.1, 0.15) is 4.32 Å². The van der Waals surface area contributed by atoms with Crippen LogP contribution in [0.5, 0.6) is 0 Å². The standard InChI is InChI=1S/C27H31N3O5S2/c1-3-34-26(33)17-10-12-29(13-11-17)23-19-8-4-5-9-21(19)28(2)24(31)20(23)15-22-25(32)30(27(36)37-22)16-18-7-6-14-35-18/h4-5,8-9,15,17-18H,3,6-7,10-14,16H2,1-2H3. The number of hydrogen-bond donors (Lipinski definition) is 0. The van der Waals surface area contributed by atoms with Crippen LogP contribution in [0.25, 0.3) is 17.0 Å². The molecule has 0 radical (unpaired) electrons. The summed E-state index contributed by atoms with van der Waals surface area (Å²) in [5.41, 5.74) is 1.91. The van der Waals surface area contributed by atoms with Crippen molar-refractivity contribution in [3.05, 3.63) is 45.1 Å². The molecule has 0 bridgehead atoms. The molecule has 37 heavy (non-hydrogen) atoms. The number of thioether (sulfide) groups is 1. The highest BCUT2D eigenvalue weighted by atomic mass is 32.2. The highest BCUT2D eigenvalue weighted by molar-refractivity contribution is 8.26. The minimum absolute atomic E-state index is 0.00774. The van der Waals surface area contributed by atoms with E-state index in [1.54, 1.807) is 22.6 Å². The lowest BCUT2D eigenvalue weighted by Gasteiger charge is -2.34. The van der Waals surface area contributed by atoms with Crippen LogP contribution in [0.4, 0.5) is 5.69 Å². The van der Waals surface area contributed by atoms with Gasteiger partial charge in [-0.25, -0.2) is 0 Å². The van der Waals surface area contributed by atoms with E-state index in [1.165, 1.54) is 11.8 Å². The van der Waals surface area contributed by atoms with Crippen LogP contribution in [-0.4, -0.2) is 64.6 Å². The number of esters is 1. The van der Waals surface area contributed by atoms with Gasteiger partial charge in [-0.05, 0) is 44.7 Å². The number of nitrogens with zero attached hydrogens (tertiary/aromatic N) is 3. The topological polar surface area (TPSA) is 81.1 Å². The van der Waals surface area contributed by atoms with Gasteiger partial charge in [-0.2, -0.15) is 0 Å². The zero-order valence-corrected chi connectivity index (χ0v) is 22.7. The van der Waals surface area contributed by atoms with Crippen LogP contribution in [-0.2, 0) is 26.1 Å². The number of ether oxygens (including phenoxy) is 2. The number of hydrogen-bond acceptors (Lipinski definition) is 8. The first-order chi connectivity index (χ1) is 17.9. The number of piperidine rings is 1. The quantitative estimate of drug-likeness (QED) is 0.311. The predicted molar refractivity (Wildman–Crippen MR) is 150 cm³/mol. The second-order valence-electron chi connectivity index (χ2n) is 9.58. The minimum atomic E-state index is -0.187. The lowest BCUT2D eigenvalue weighted by atomic mass is 9.95. The van der Waals surface area contributed by atoms with E-state index in [0.717, 1.165) is 29.4 Å². The number of thiocarbonyl (C=S) groups is 1. The molecule has 0 spiro atoms. The van der Waals surface area contributed by atoms with Gasteiger partial charge in [-0.3, -0.25) is 19.3 Å². The summed E-state index contributed by atoms with van der Waals surface area (Å²) in [7, 11) is 1.75. The summed E-state index contributed by atoms with van der Waals surface area (Å²) in [6, 6.07) is 7.79. The molecule has 8 nitrogen and oxygen atoms in total. The SMILES string of the molecule is CCOC(=O)C1CCN(c2c(C=C3SC(=S)N(CC4CCCO4)C3=O)c(=O)n(C)c3ccccc23)CC1. The third-order valence-corrected chi connectivity index (χ3v) is 8.68. The smallest absolute Gasteiger partial charge is 0.309 e. The zero-order chi connectivity index (χ0) is 26.1. The summed E-state index contributed by atoms with van der Waals surface area (Å²) in [5.74, 6) is -0.495. The molecule has 1 amide bonds. The summed E-state index contributed by atoms with van der Waals surface area (Å²) in [6.45, 7) is 4.55. The normalized spacial score (nSPS) is 22.0. The third kappa shape index (κ3) is 5.06. The number of pyridine rings is 1. The molecule has 1 aromatic heterocycles. The van der Waals surface area contributed by atoms with E-state index >= 15 is 0 Å². The molecule has 0 N–H and O–H groups in total. The van der Waals surface area contributed by atoms with E-state index in [2.05, 4.69) is 4.90 Å². The number of aryl methyl sites for hydroxylation is 1. The molecule has 3 aliphatic rings. The number of amides is 1. The molecule has 3 aliphatic heterocycles. The number of aromatic nitrogens is 1. The Labute approximate surface area is 225 Å². The molecule has 1 atom stereocenters. The minimum Gasteiger partial charge on any atom is -0.466 e. The summed E-state index contributed by atoms with van der Waals surface area (Å²) in [6.07, 6.45) is 4.88. The second kappa shape index (κ2) is 11.0. The van der Waals surface area contributed by atoms with E-state index in [1.807, 2.05) is 31.2 Å². The predicted octanol–water partition coefficient (Wildman–Crippen LogP) is 3.70. The zero-order valence-electron chi connectivity index (χ0n) is 21.1. The maximum absolute atomic E-state index is 13.7. The van der Waals surface area contributed by atoms with E-state index in [0.29, 0.717) is 60.5 Å². The number of carbonyl (C=O) groups is 2.